The van der Waals surface area contributed by atoms with Gasteiger partial charge >= 0.3 is 0 Å². The number of para-hydroxylation sites is 2. The van der Waals surface area contributed by atoms with Gasteiger partial charge in [0, 0.05) is 33.5 Å². The number of hydrogen-bond acceptors (Lipinski definition) is 1. The minimum absolute atomic E-state index is 1.12. The van der Waals surface area contributed by atoms with Gasteiger partial charge in [-0.3, -0.25) is 0 Å². The van der Waals surface area contributed by atoms with Gasteiger partial charge < -0.3 is 9.47 Å². The fraction of sp³-hybridized carbons (Fsp3) is 0.0588. The number of fused-ring (bicyclic) bond motifs is 3. The molecule has 0 aliphatic carbocycles. The fourth-order valence-corrected chi connectivity index (χ4v) is 7.65. The minimum atomic E-state index is 1.12. The van der Waals surface area contributed by atoms with Crippen molar-refractivity contribution in [3.8, 4) is 39.1 Å². The number of rotatable bonds is 7. The minimum Gasteiger partial charge on any atom is -0.310 e. The van der Waals surface area contributed by atoms with E-state index in [1.165, 1.54) is 71.9 Å². The van der Waals surface area contributed by atoms with Crippen molar-refractivity contribution in [2.24, 2.45) is 0 Å². The van der Waals surface area contributed by atoms with Gasteiger partial charge in [0.2, 0.25) is 0 Å². The van der Waals surface area contributed by atoms with Crippen molar-refractivity contribution in [3.63, 3.8) is 0 Å². The van der Waals surface area contributed by atoms with Crippen LogP contribution in [0.3, 0.4) is 0 Å². The number of nitrogens with zero attached hydrogens (tertiary/aromatic N) is 2. The lowest BCUT2D eigenvalue weighted by atomic mass is 9.91. The SMILES string of the molecule is Cc1ccc(N(c2ccc(C)cc2)c2ccc(C)c(-c3cc(-c4ccccc4)cc(-c4ccc5c6ccccc6n(-c6ccccc6)c5c4)c3)c2)cc1. The molecule has 0 atom stereocenters. The van der Waals surface area contributed by atoms with Crippen LogP contribution >= 0.6 is 0 Å². The van der Waals surface area contributed by atoms with Gasteiger partial charge in [0.25, 0.3) is 0 Å². The molecule has 53 heavy (non-hydrogen) atoms. The van der Waals surface area contributed by atoms with Gasteiger partial charge in [0.05, 0.1) is 11.0 Å². The Morgan fingerprint density at radius 3 is 1.58 bits per heavy atom. The summed E-state index contributed by atoms with van der Waals surface area (Å²) in [6.07, 6.45) is 0. The Labute approximate surface area is 311 Å². The molecule has 0 fully saturated rings. The summed E-state index contributed by atoms with van der Waals surface area (Å²) in [6.45, 7) is 6.50. The van der Waals surface area contributed by atoms with Crippen LogP contribution in [0.2, 0.25) is 0 Å². The molecule has 0 aliphatic heterocycles. The van der Waals surface area contributed by atoms with E-state index in [0.717, 1.165) is 22.7 Å². The highest BCUT2D eigenvalue weighted by Crippen LogP contribution is 2.41. The van der Waals surface area contributed by atoms with Crippen LogP contribution in [0.5, 0.6) is 0 Å². The van der Waals surface area contributed by atoms with Crippen molar-refractivity contribution in [3.05, 3.63) is 205 Å². The van der Waals surface area contributed by atoms with Crippen LogP contribution in [0.4, 0.5) is 17.1 Å². The van der Waals surface area contributed by atoms with Crippen LogP contribution in [0.25, 0.3) is 60.9 Å². The molecule has 0 saturated heterocycles. The molecular formula is C51H40N2. The first kappa shape index (κ1) is 32.3. The van der Waals surface area contributed by atoms with E-state index in [1.54, 1.807) is 0 Å². The quantitative estimate of drug-likeness (QED) is 0.163. The van der Waals surface area contributed by atoms with E-state index in [1.807, 2.05) is 0 Å². The van der Waals surface area contributed by atoms with Crippen molar-refractivity contribution in [2.45, 2.75) is 20.8 Å². The summed E-state index contributed by atoms with van der Waals surface area (Å²) in [5, 5.41) is 2.51. The second-order valence-corrected chi connectivity index (χ2v) is 14.1. The third-order valence-corrected chi connectivity index (χ3v) is 10.4. The number of aryl methyl sites for hydroxylation is 3. The van der Waals surface area contributed by atoms with Gasteiger partial charge in [-0.25, -0.2) is 0 Å². The van der Waals surface area contributed by atoms with E-state index in [-0.39, 0.29) is 0 Å². The highest BCUT2D eigenvalue weighted by atomic mass is 15.1. The topological polar surface area (TPSA) is 8.17 Å². The van der Waals surface area contributed by atoms with E-state index in [2.05, 4.69) is 218 Å². The zero-order chi connectivity index (χ0) is 35.9. The Bertz CT molecular complexity index is 2680. The molecule has 9 aromatic rings. The summed E-state index contributed by atoms with van der Waals surface area (Å²) in [5.74, 6) is 0. The van der Waals surface area contributed by atoms with E-state index < -0.39 is 0 Å². The zero-order valence-corrected chi connectivity index (χ0v) is 30.3. The number of aromatic nitrogens is 1. The maximum absolute atomic E-state index is 2.40. The first-order valence-electron chi connectivity index (χ1n) is 18.3. The van der Waals surface area contributed by atoms with Crippen molar-refractivity contribution < 1.29 is 0 Å². The van der Waals surface area contributed by atoms with E-state index >= 15 is 0 Å². The lowest BCUT2D eigenvalue weighted by Crippen LogP contribution is -2.10. The van der Waals surface area contributed by atoms with Crippen LogP contribution in [0.15, 0.2) is 188 Å². The molecule has 0 spiro atoms. The smallest absolute Gasteiger partial charge is 0.0547 e. The molecule has 0 aliphatic rings. The van der Waals surface area contributed by atoms with Crippen LogP contribution in [-0.2, 0) is 0 Å². The van der Waals surface area contributed by atoms with Gasteiger partial charge in [0.1, 0.15) is 0 Å². The summed E-state index contributed by atoms with van der Waals surface area (Å²) in [6, 6.07) is 68.7. The molecule has 1 aromatic heterocycles. The molecule has 9 rings (SSSR count). The molecule has 2 heteroatoms. The number of anilines is 3. The molecule has 0 N–H and O–H groups in total. The summed E-state index contributed by atoms with van der Waals surface area (Å²) < 4.78 is 2.40. The Morgan fingerprint density at radius 2 is 0.906 bits per heavy atom. The Morgan fingerprint density at radius 1 is 0.358 bits per heavy atom. The van der Waals surface area contributed by atoms with Crippen LogP contribution in [0, 0.1) is 20.8 Å². The van der Waals surface area contributed by atoms with Gasteiger partial charge in [-0.05, 0) is 139 Å². The molecular weight excluding hydrogens is 641 g/mol. The fourth-order valence-electron chi connectivity index (χ4n) is 7.65. The van der Waals surface area contributed by atoms with Gasteiger partial charge in [-0.15, -0.1) is 0 Å². The monoisotopic (exact) mass is 680 g/mol. The maximum atomic E-state index is 2.40. The molecule has 0 amide bonds. The standard InChI is InChI=1S/C51H40N2/c1-35-18-24-44(25-19-35)52(45-26-20-36(2)21-27-45)46-28-22-37(3)49(34-46)42-31-40(38-12-6-4-7-13-38)30-41(32-42)39-23-29-48-47-16-10-11-17-50(47)53(51(48)33-39)43-14-8-5-9-15-43/h4-34H,1-3H3. The molecule has 0 unspecified atom stereocenters. The zero-order valence-electron chi connectivity index (χ0n) is 30.3. The molecule has 1 heterocycles. The molecule has 2 nitrogen and oxygen atoms in total. The summed E-state index contributed by atoms with van der Waals surface area (Å²) in [4.78, 5) is 2.36. The molecule has 254 valence electrons. The van der Waals surface area contributed by atoms with Crippen molar-refractivity contribution in [2.75, 3.05) is 4.90 Å². The Balaban J connectivity index is 1.24. The maximum Gasteiger partial charge on any atom is 0.0547 e. The second-order valence-electron chi connectivity index (χ2n) is 14.1. The van der Waals surface area contributed by atoms with E-state index in [4.69, 9.17) is 0 Å². The average molecular weight is 681 g/mol. The Kier molecular flexibility index (Phi) is 8.21. The summed E-state index contributed by atoms with van der Waals surface area (Å²) >= 11 is 0. The van der Waals surface area contributed by atoms with E-state index in [0.29, 0.717) is 0 Å². The van der Waals surface area contributed by atoms with Crippen LogP contribution in [0.1, 0.15) is 16.7 Å². The average Bonchev–Trinajstić information content (AvgIpc) is 3.54. The van der Waals surface area contributed by atoms with E-state index in [9.17, 15) is 0 Å². The highest BCUT2D eigenvalue weighted by Gasteiger charge is 2.17. The molecule has 0 radical (unpaired) electrons. The predicted octanol–water partition coefficient (Wildman–Crippen LogP) is 14.2. The molecule has 0 saturated carbocycles. The summed E-state index contributed by atoms with van der Waals surface area (Å²) in [5.41, 5.74) is 17.9. The van der Waals surface area contributed by atoms with Gasteiger partial charge in [0.15, 0.2) is 0 Å². The number of benzene rings is 8. The predicted molar refractivity (Wildman–Crippen MR) is 226 cm³/mol. The van der Waals surface area contributed by atoms with Gasteiger partial charge in [-0.1, -0.05) is 120 Å². The molecule has 0 bridgehead atoms. The first-order chi connectivity index (χ1) is 26.0. The van der Waals surface area contributed by atoms with Crippen molar-refractivity contribution in [1.29, 1.82) is 0 Å². The van der Waals surface area contributed by atoms with Gasteiger partial charge in [-0.2, -0.15) is 0 Å². The lowest BCUT2D eigenvalue weighted by Gasteiger charge is -2.27. The highest BCUT2D eigenvalue weighted by molar-refractivity contribution is 6.10. The third-order valence-electron chi connectivity index (χ3n) is 10.4. The molecule has 8 aromatic carbocycles. The second kappa shape index (κ2) is 13.5. The third kappa shape index (κ3) is 6.09. The lowest BCUT2D eigenvalue weighted by molar-refractivity contribution is 1.18. The van der Waals surface area contributed by atoms with Crippen LogP contribution in [-0.4, -0.2) is 4.57 Å². The largest absolute Gasteiger partial charge is 0.310 e. The van der Waals surface area contributed by atoms with Crippen molar-refractivity contribution >= 4 is 38.9 Å². The first-order valence-corrected chi connectivity index (χ1v) is 18.3. The summed E-state index contributed by atoms with van der Waals surface area (Å²) in [7, 11) is 0. The van der Waals surface area contributed by atoms with Crippen molar-refractivity contribution in [1.82, 2.24) is 4.57 Å². The van der Waals surface area contributed by atoms with Crippen LogP contribution < -0.4 is 4.90 Å². The Hall–Kier alpha value is -6.64. The number of hydrogen-bond donors (Lipinski definition) is 0. The normalized spacial score (nSPS) is 11.3.